The van der Waals surface area contributed by atoms with Gasteiger partial charge < -0.3 is 10.2 Å². The summed E-state index contributed by atoms with van der Waals surface area (Å²) in [6.45, 7) is 8.12. The molecule has 1 heterocycles. The highest BCUT2D eigenvalue weighted by Crippen LogP contribution is 2.45. The highest BCUT2D eigenvalue weighted by atomic mass is 16.1. The molecule has 0 radical (unpaired) electrons. The molecule has 2 aromatic carbocycles. The van der Waals surface area contributed by atoms with E-state index in [1.807, 2.05) is 25.1 Å². The zero-order chi connectivity index (χ0) is 22.0. The number of nitriles is 1. The normalized spacial score (nSPS) is 20.8. The van der Waals surface area contributed by atoms with Gasteiger partial charge in [-0.2, -0.15) is 5.26 Å². The third kappa shape index (κ3) is 3.88. The molecule has 4 rings (SSSR count). The van der Waals surface area contributed by atoms with Crippen LogP contribution in [-0.2, 0) is 4.79 Å². The van der Waals surface area contributed by atoms with E-state index in [1.54, 1.807) is 0 Å². The summed E-state index contributed by atoms with van der Waals surface area (Å²) in [5.74, 6) is 0.0129. The summed E-state index contributed by atoms with van der Waals surface area (Å²) >= 11 is 0. The Kier molecular flexibility index (Phi) is 5.95. The lowest BCUT2D eigenvalue weighted by Crippen LogP contribution is -2.33. The van der Waals surface area contributed by atoms with Gasteiger partial charge >= 0.3 is 0 Å². The molecule has 0 saturated heterocycles. The third-order valence-corrected chi connectivity index (χ3v) is 6.57. The fourth-order valence-corrected chi connectivity index (χ4v) is 4.95. The Morgan fingerprint density at radius 1 is 1.00 bits per heavy atom. The van der Waals surface area contributed by atoms with Gasteiger partial charge in [0.05, 0.1) is 17.6 Å². The second kappa shape index (κ2) is 8.81. The van der Waals surface area contributed by atoms with Gasteiger partial charge in [0.1, 0.15) is 0 Å². The first kappa shape index (κ1) is 20.9. The number of carbonyl (C=O) groups excluding carboxylic acids is 1. The van der Waals surface area contributed by atoms with Crippen LogP contribution in [0.3, 0.4) is 0 Å². The molecule has 0 aromatic heterocycles. The number of hydrogen-bond donors (Lipinski definition) is 1. The van der Waals surface area contributed by atoms with Crippen LogP contribution in [0.1, 0.15) is 56.6 Å². The smallest absolute Gasteiger partial charge is 0.162 e. The van der Waals surface area contributed by atoms with Gasteiger partial charge in [0, 0.05) is 42.2 Å². The Morgan fingerprint density at radius 3 is 2.29 bits per heavy atom. The average Bonchev–Trinajstić information content (AvgIpc) is 2.80. The van der Waals surface area contributed by atoms with Gasteiger partial charge in [-0.25, -0.2) is 0 Å². The number of dihydropyridines is 1. The van der Waals surface area contributed by atoms with Gasteiger partial charge in [0.2, 0.25) is 0 Å². The second-order valence-corrected chi connectivity index (χ2v) is 8.30. The maximum Gasteiger partial charge on any atom is 0.162 e. The Balaban J connectivity index is 1.73. The summed E-state index contributed by atoms with van der Waals surface area (Å²) in [7, 11) is 0. The summed E-state index contributed by atoms with van der Waals surface area (Å²) in [5, 5.41) is 13.3. The maximum absolute atomic E-state index is 13.4. The summed E-state index contributed by atoms with van der Waals surface area (Å²) < 4.78 is 0. The molecule has 2 aliphatic rings. The van der Waals surface area contributed by atoms with Crippen LogP contribution < -0.4 is 10.2 Å². The number of benzene rings is 2. The van der Waals surface area contributed by atoms with Crippen molar-refractivity contribution in [3.8, 4) is 6.07 Å². The standard InChI is InChI=1S/C27H29N3O/c1-4-30(5-2)22-13-11-20(12-14-22)26-23(17-28)18(3)29-24-15-21(16-25(31)27(24)26)19-9-7-6-8-10-19/h6-14,21,26,29H,4-5,15-16H2,1-3H3/t21-,26+/m1/s1. The maximum atomic E-state index is 13.4. The molecule has 1 aliphatic carbocycles. The number of allylic oxidation sites excluding steroid dienone is 4. The van der Waals surface area contributed by atoms with Crippen molar-refractivity contribution in [2.75, 3.05) is 18.0 Å². The van der Waals surface area contributed by atoms with E-state index in [1.165, 1.54) is 5.56 Å². The van der Waals surface area contributed by atoms with E-state index in [2.05, 4.69) is 66.5 Å². The minimum atomic E-state index is -0.295. The molecule has 0 spiro atoms. The lowest BCUT2D eigenvalue weighted by atomic mass is 9.72. The van der Waals surface area contributed by atoms with E-state index in [9.17, 15) is 10.1 Å². The van der Waals surface area contributed by atoms with Crippen molar-refractivity contribution < 1.29 is 4.79 Å². The molecule has 4 heteroatoms. The van der Waals surface area contributed by atoms with Crippen molar-refractivity contribution in [2.45, 2.75) is 45.4 Å². The van der Waals surface area contributed by atoms with Gasteiger partial charge in [0.25, 0.3) is 0 Å². The predicted octanol–water partition coefficient (Wildman–Crippen LogP) is 5.42. The first-order valence-electron chi connectivity index (χ1n) is 11.1. The number of hydrogen-bond acceptors (Lipinski definition) is 4. The van der Waals surface area contributed by atoms with Gasteiger partial charge in [-0.05, 0) is 56.4 Å². The number of nitrogens with one attached hydrogen (secondary N) is 1. The van der Waals surface area contributed by atoms with Crippen molar-refractivity contribution in [3.05, 3.63) is 88.3 Å². The second-order valence-electron chi connectivity index (χ2n) is 8.30. The molecule has 0 fully saturated rings. The van der Waals surface area contributed by atoms with E-state index < -0.39 is 0 Å². The topological polar surface area (TPSA) is 56.1 Å². The summed E-state index contributed by atoms with van der Waals surface area (Å²) in [5.41, 5.74) is 6.59. The molecule has 1 N–H and O–H groups in total. The molecule has 2 atom stereocenters. The minimum absolute atomic E-state index is 0.140. The molecule has 0 amide bonds. The van der Waals surface area contributed by atoms with Crippen LogP contribution in [0.5, 0.6) is 0 Å². The number of ketones is 1. The lowest BCUT2D eigenvalue weighted by Gasteiger charge is -2.35. The molecular formula is C27H29N3O. The summed E-state index contributed by atoms with van der Waals surface area (Å²) in [6, 6.07) is 21.0. The fraction of sp³-hybridized carbons (Fsp3) is 0.333. The largest absolute Gasteiger partial charge is 0.372 e. The zero-order valence-corrected chi connectivity index (χ0v) is 18.5. The van der Waals surface area contributed by atoms with Crippen molar-refractivity contribution in [1.29, 1.82) is 5.26 Å². The van der Waals surface area contributed by atoms with Crippen LogP contribution in [0.15, 0.2) is 77.1 Å². The Morgan fingerprint density at radius 2 is 1.68 bits per heavy atom. The van der Waals surface area contributed by atoms with Gasteiger partial charge in [-0.15, -0.1) is 0 Å². The number of anilines is 1. The van der Waals surface area contributed by atoms with E-state index in [0.29, 0.717) is 12.0 Å². The molecule has 1 aliphatic heterocycles. The minimum Gasteiger partial charge on any atom is -0.372 e. The van der Waals surface area contributed by atoms with Crippen molar-refractivity contribution in [1.82, 2.24) is 5.32 Å². The monoisotopic (exact) mass is 411 g/mol. The van der Waals surface area contributed by atoms with E-state index in [4.69, 9.17) is 0 Å². The van der Waals surface area contributed by atoms with Crippen LogP contribution in [0.25, 0.3) is 0 Å². The Bertz CT molecular complexity index is 1070. The quantitative estimate of drug-likeness (QED) is 0.714. The molecular weight excluding hydrogens is 382 g/mol. The average molecular weight is 412 g/mol. The molecule has 0 bridgehead atoms. The van der Waals surface area contributed by atoms with Crippen LogP contribution >= 0.6 is 0 Å². The SMILES string of the molecule is CCN(CC)c1ccc([C@H]2C(C#N)=C(C)NC3=C2C(=O)C[C@H](c2ccccc2)C3)cc1. The van der Waals surface area contributed by atoms with Crippen LogP contribution in [0.4, 0.5) is 5.69 Å². The molecule has 2 aromatic rings. The zero-order valence-electron chi connectivity index (χ0n) is 18.5. The molecule has 4 nitrogen and oxygen atoms in total. The summed E-state index contributed by atoms with van der Waals surface area (Å²) in [4.78, 5) is 15.7. The van der Waals surface area contributed by atoms with Crippen LogP contribution in [0.2, 0.25) is 0 Å². The van der Waals surface area contributed by atoms with Gasteiger partial charge in [-0.3, -0.25) is 4.79 Å². The highest BCUT2D eigenvalue weighted by Gasteiger charge is 2.38. The number of carbonyl (C=O) groups is 1. The molecule has 31 heavy (non-hydrogen) atoms. The first-order valence-corrected chi connectivity index (χ1v) is 11.1. The fourth-order valence-electron chi connectivity index (χ4n) is 4.95. The van der Waals surface area contributed by atoms with E-state index >= 15 is 0 Å². The van der Waals surface area contributed by atoms with E-state index in [-0.39, 0.29) is 17.6 Å². The van der Waals surface area contributed by atoms with Crippen molar-refractivity contribution >= 4 is 11.5 Å². The molecule has 158 valence electrons. The number of rotatable bonds is 5. The number of nitrogens with zero attached hydrogens (tertiary/aromatic N) is 2. The summed E-state index contributed by atoms with van der Waals surface area (Å²) in [6.07, 6.45) is 1.27. The molecule has 0 saturated carbocycles. The lowest BCUT2D eigenvalue weighted by molar-refractivity contribution is -0.116. The van der Waals surface area contributed by atoms with Crippen LogP contribution in [-0.4, -0.2) is 18.9 Å². The molecule has 0 unspecified atom stereocenters. The highest BCUT2D eigenvalue weighted by molar-refractivity contribution is 6.00. The Hall–Kier alpha value is -3.32. The van der Waals surface area contributed by atoms with Crippen molar-refractivity contribution in [2.24, 2.45) is 0 Å². The number of Topliss-reactive ketones (excluding diaryl/α,β-unsaturated/α-hetero) is 1. The van der Waals surface area contributed by atoms with Gasteiger partial charge in [-0.1, -0.05) is 42.5 Å². The Labute approximate surface area is 184 Å². The van der Waals surface area contributed by atoms with E-state index in [0.717, 1.165) is 47.7 Å². The first-order chi connectivity index (χ1) is 15.1. The predicted molar refractivity (Wildman–Crippen MR) is 125 cm³/mol. The third-order valence-electron chi connectivity index (χ3n) is 6.57. The van der Waals surface area contributed by atoms with Gasteiger partial charge in [0.15, 0.2) is 5.78 Å². The van der Waals surface area contributed by atoms with Crippen molar-refractivity contribution in [3.63, 3.8) is 0 Å². The van der Waals surface area contributed by atoms with Crippen LogP contribution in [0, 0.1) is 11.3 Å².